The van der Waals surface area contributed by atoms with Crippen molar-refractivity contribution in [2.45, 2.75) is 6.42 Å². The Morgan fingerprint density at radius 2 is 2.38 bits per heavy atom. The second kappa shape index (κ2) is 1.81. The summed E-state index contributed by atoms with van der Waals surface area (Å²) in [5.74, 6) is 0.338. The number of aliphatic hydroxyl groups is 1. The third-order valence-corrected chi connectivity index (χ3v) is 0.971. The second-order valence-corrected chi connectivity index (χ2v) is 1.74. The lowest BCUT2D eigenvalue weighted by Gasteiger charge is -1.91. The Kier molecular flexibility index (Phi) is 1.15. The van der Waals surface area contributed by atoms with Gasteiger partial charge in [0.15, 0.2) is 11.3 Å². The lowest BCUT2D eigenvalue weighted by molar-refractivity contribution is 0.400. The molecule has 0 fully saturated rings. The van der Waals surface area contributed by atoms with Crippen molar-refractivity contribution >= 4 is 0 Å². The Morgan fingerprint density at radius 1 is 1.62 bits per heavy atom. The molecule has 0 saturated carbocycles. The van der Waals surface area contributed by atoms with Crippen molar-refractivity contribution in [3.8, 4) is 0 Å². The molecule has 0 unspecified atom stereocenters. The highest BCUT2D eigenvalue weighted by Gasteiger charge is 2.04. The quantitative estimate of drug-likeness (QED) is 0.467. The molecule has 1 N–H and O–H groups in total. The first-order valence-electron chi connectivity index (χ1n) is 2.47. The van der Waals surface area contributed by atoms with E-state index >= 15 is 0 Å². The fourth-order valence-corrected chi connectivity index (χ4v) is 0.615. The van der Waals surface area contributed by atoms with Crippen molar-refractivity contribution in [3.05, 3.63) is 36.1 Å². The first-order valence-corrected chi connectivity index (χ1v) is 2.47. The average molecular weight is 107 g/mol. The first kappa shape index (κ1) is 5.07. The van der Waals surface area contributed by atoms with Crippen LogP contribution in [0.2, 0.25) is 0 Å². The van der Waals surface area contributed by atoms with E-state index in [2.05, 4.69) is 0 Å². The second-order valence-electron chi connectivity index (χ2n) is 1.74. The van der Waals surface area contributed by atoms with Gasteiger partial charge in [0.25, 0.3) is 0 Å². The minimum atomic E-state index is 0.338. The fourth-order valence-electron chi connectivity index (χ4n) is 0.615. The lowest BCUT2D eigenvalue weighted by atomic mass is 10.1. The number of aliphatic hydroxyl groups excluding tert-OH is 1. The van der Waals surface area contributed by atoms with E-state index in [1.165, 1.54) is 0 Å². The SMILES string of the molecule is [CH+]=C1C=CCC(O)=C1. The molecule has 0 aromatic rings. The zero-order chi connectivity index (χ0) is 5.98. The zero-order valence-corrected chi connectivity index (χ0v) is 4.46. The topological polar surface area (TPSA) is 20.2 Å². The van der Waals surface area contributed by atoms with Gasteiger partial charge in [0.05, 0.1) is 12.2 Å². The minimum absolute atomic E-state index is 0.338. The van der Waals surface area contributed by atoms with E-state index in [9.17, 15) is 0 Å². The maximum absolute atomic E-state index is 8.79. The van der Waals surface area contributed by atoms with E-state index in [0.717, 1.165) is 0 Å². The summed E-state index contributed by atoms with van der Waals surface area (Å²) >= 11 is 0. The Bertz CT molecular complexity index is 163. The summed E-state index contributed by atoms with van der Waals surface area (Å²) in [5.41, 5.74) is 0.619. The molecule has 1 rings (SSSR count). The van der Waals surface area contributed by atoms with Gasteiger partial charge in [-0.05, 0) is 6.08 Å². The van der Waals surface area contributed by atoms with Crippen molar-refractivity contribution < 1.29 is 5.11 Å². The van der Waals surface area contributed by atoms with E-state index < -0.39 is 0 Å². The zero-order valence-electron chi connectivity index (χ0n) is 4.46. The summed E-state index contributed by atoms with van der Waals surface area (Å²) in [6, 6.07) is 0. The molecule has 0 aromatic heterocycles. The van der Waals surface area contributed by atoms with E-state index in [4.69, 9.17) is 11.7 Å². The predicted octanol–water partition coefficient (Wildman–Crippen LogP) is 1.75. The van der Waals surface area contributed by atoms with Gasteiger partial charge in [-0.15, -0.1) is 0 Å². The van der Waals surface area contributed by atoms with Crippen molar-refractivity contribution in [2.24, 2.45) is 0 Å². The van der Waals surface area contributed by atoms with Gasteiger partial charge in [0.2, 0.25) is 0 Å². The van der Waals surface area contributed by atoms with Gasteiger partial charge in [-0.2, -0.15) is 0 Å². The van der Waals surface area contributed by atoms with E-state index in [0.29, 0.717) is 17.8 Å². The van der Waals surface area contributed by atoms with Gasteiger partial charge >= 0.3 is 0 Å². The van der Waals surface area contributed by atoms with Crippen LogP contribution >= 0.6 is 0 Å². The van der Waals surface area contributed by atoms with Crippen LogP contribution in [0.25, 0.3) is 0 Å². The maximum Gasteiger partial charge on any atom is 0.183 e. The smallest absolute Gasteiger partial charge is 0.183 e. The maximum atomic E-state index is 8.79. The normalized spacial score (nSPS) is 18.4. The van der Waals surface area contributed by atoms with E-state index in [-0.39, 0.29) is 0 Å². The molecule has 8 heavy (non-hydrogen) atoms. The summed E-state index contributed by atoms with van der Waals surface area (Å²) in [4.78, 5) is 0. The highest BCUT2D eigenvalue weighted by Crippen LogP contribution is 2.09. The van der Waals surface area contributed by atoms with Crippen LogP contribution in [-0.4, -0.2) is 5.11 Å². The molecular formula is C7H7O+. The van der Waals surface area contributed by atoms with Crippen LogP contribution in [0.5, 0.6) is 0 Å². The van der Waals surface area contributed by atoms with E-state index in [1.807, 2.05) is 6.08 Å². The molecule has 0 atom stereocenters. The minimum Gasteiger partial charge on any atom is -0.500 e. The average Bonchev–Trinajstić information content (AvgIpc) is 1.64. The monoisotopic (exact) mass is 107 g/mol. The number of hydrogen-bond donors (Lipinski definition) is 1. The summed E-state index contributed by atoms with van der Waals surface area (Å²) in [5, 5.41) is 8.79. The molecule has 1 aliphatic rings. The van der Waals surface area contributed by atoms with Crippen LogP contribution in [0.1, 0.15) is 6.42 Å². The van der Waals surface area contributed by atoms with Gasteiger partial charge in [-0.25, -0.2) is 0 Å². The molecule has 1 aliphatic carbocycles. The summed E-state index contributed by atoms with van der Waals surface area (Å²) in [6.07, 6.45) is 5.77. The Balaban J connectivity index is 2.74. The molecular weight excluding hydrogens is 100 g/mol. The van der Waals surface area contributed by atoms with Crippen LogP contribution in [0.15, 0.2) is 29.6 Å². The Labute approximate surface area is 48.6 Å². The van der Waals surface area contributed by atoms with Crippen molar-refractivity contribution in [2.75, 3.05) is 0 Å². The lowest BCUT2D eigenvalue weighted by Crippen LogP contribution is -1.84. The van der Waals surface area contributed by atoms with Gasteiger partial charge in [0, 0.05) is 13.0 Å². The van der Waals surface area contributed by atoms with Crippen LogP contribution in [0.4, 0.5) is 0 Å². The molecule has 0 bridgehead atoms. The van der Waals surface area contributed by atoms with Crippen molar-refractivity contribution in [1.29, 1.82) is 0 Å². The van der Waals surface area contributed by atoms with Crippen LogP contribution in [0.3, 0.4) is 0 Å². The molecule has 0 saturated heterocycles. The molecule has 0 radical (unpaired) electrons. The molecule has 1 nitrogen and oxygen atoms in total. The summed E-state index contributed by atoms with van der Waals surface area (Å²) in [7, 11) is 0. The van der Waals surface area contributed by atoms with Crippen molar-refractivity contribution in [3.63, 3.8) is 0 Å². The fraction of sp³-hybridized carbons (Fsp3) is 0.143. The third kappa shape index (κ3) is 0.955. The molecule has 0 spiro atoms. The Hall–Kier alpha value is -1.07. The number of hydrogen-bond acceptors (Lipinski definition) is 1. The largest absolute Gasteiger partial charge is 0.500 e. The molecule has 0 aromatic carbocycles. The van der Waals surface area contributed by atoms with Crippen LogP contribution in [-0.2, 0) is 0 Å². The highest BCUT2D eigenvalue weighted by molar-refractivity contribution is 5.32. The van der Waals surface area contributed by atoms with Gasteiger partial charge in [0.1, 0.15) is 0 Å². The van der Waals surface area contributed by atoms with Crippen LogP contribution < -0.4 is 0 Å². The van der Waals surface area contributed by atoms with Gasteiger partial charge in [-0.1, -0.05) is 0 Å². The Morgan fingerprint density at radius 3 is 2.75 bits per heavy atom. The highest BCUT2D eigenvalue weighted by atomic mass is 16.3. The first-order chi connectivity index (χ1) is 3.79. The molecule has 1 heteroatoms. The number of rotatable bonds is 0. The summed E-state index contributed by atoms with van der Waals surface area (Å²) < 4.78 is 0. The van der Waals surface area contributed by atoms with Gasteiger partial charge in [-0.3, -0.25) is 0 Å². The van der Waals surface area contributed by atoms with E-state index in [1.54, 1.807) is 12.2 Å². The summed E-state index contributed by atoms with van der Waals surface area (Å²) in [6.45, 7) is 5.32. The third-order valence-electron chi connectivity index (χ3n) is 0.971. The molecule has 0 aliphatic heterocycles. The molecule has 0 heterocycles. The van der Waals surface area contributed by atoms with Gasteiger partial charge < -0.3 is 5.11 Å². The van der Waals surface area contributed by atoms with Crippen molar-refractivity contribution in [1.82, 2.24) is 0 Å². The van der Waals surface area contributed by atoms with Crippen LogP contribution in [0, 0.1) is 6.58 Å². The number of allylic oxidation sites excluding steroid dienone is 4. The predicted molar refractivity (Wildman–Crippen MR) is 32.3 cm³/mol. The standard InChI is InChI=1S/C7H6O/c1-6-3-2-4-7(8)5-6/h1-3,5H,4H2/p+1. The molecule has 40 valence electrons. The molecule has 0 amide bonds.